The van der Waals surface area contributed by atoms with Crippen LogP contribution in [0.3, 0.4) is 0 Å². The van der Waals surface area contributed by atoms with E-state index in [1.807, 2.05) is 6.07 Å². The highest BCUT2D eigenvalue weighted by Crippen LogP contribution is 2.40. The minimum absolute atomic E-state index is 0.205. The number of hydrogen-bond acceptors (Lipinski definition) is 8. The first-order valence-electron chi connectivity index (χ1n) is 6.20. The van der Waals surface area contributed by atoms with Crippen LogP contribution in [0.2, 0.25) is 0 Å². The maximum absolute atomic E-state index is 10.2. The number of rotatable bonds is 2. The summed E-state index contributed by atoms with van der Waals surface area (Å²) in [5.74, 6) is 0.205. The Kier molecular flexibility index (Phi) is 3.03. The molecule has 0 radical (unpaired) electrons. The molecule has 1 saturated heterocycles. The molecule has 3 rings (SSSR count). The number of nitrogen functional groups attached to an aromatic ring is 1. The highest BCUT2D eigenvalue weighted by Gasteiger charge is 2.57. The summed E-state index contributed by atoms with van der Waals surface area (Å²) in [4.78, 5) is 3.83. The van der Waals surface area contributed by atoms with Gasteiger partial charge in [0.25, 0.3) is 0 Å². The second-order valence-corrected chi connectivity index (χ2v) is 4.78. The largest absolute Gasteiger partial charge is 0.394 e. The van der Waals surface area contributed by atoms with Gasteiger partial charge in [0, 0.05) is 0 Å². The summed E-state index contributed by atoms with van der Waals surface area (Å²) in [5, 5.41) is 42.8. The Morgan fingerprint density at radius 1 is 1.48 bits per heavy atom. The maximum atomic E-state index is 10.2. The molecular weight excluding hydrogens is 278 g/mol. The molecule has 1 fully saturated rings. The lowest BCUT2D eigenvalue weighted by Crippen LogP contribution is -2.40. The van der Waals surface area contributed by atoms with Gasteiger partial charge in [-0.3, -0.25) is 0 Å². The molecule has 3 heterocycles. The van der Waals surface area contributed by atoms with Gasteiger partial charge in [-0.05, 0) is 12.1 Å². The predicted molar refractivity (Wildman–Crippen MR) is 68.7 cm³/mol. The molecule has 9 nitrogen and oxygen atoms in total. The minimum Gasteiger partial charge on any atom is -0.394 e. The molecule has 0 bridgehead atoms. The first-order valence-corrected chi connectivity index (χ1v) is 6.20. The van der Waals surface area contributed by atoms with Gasteiger partial charge < -0.3 is 25.8 Å². The number of anilines is 1. The molecule has 0 aliphatic carbocycles. The average molecular weight is 291 g/mol. The molecule has 0 saturated carbocycles. The van der Waals surface area contributed by atoms with Crippen LogP contribution in [0.5, 0.6) is 0 Å². The first kappa shape index (κ1) is 13.7. The van der Waals surface area contributed by atoms with Gasteiger partial charge >= 0.3 is 0 Å². The molecule has 1 aliphatic heterocycles. The second kappa shape index (κ2) is 4.64. The van der Waals surface area contributed by atoms with Crippen molar-refractivity contribution in [1.82, 2.24) is 14.6 Å². The molecule has 110 valence electrons. The summed E-state index contributed by atoms with van der Waals surface area (Å²) in [7, 11) is 0. The number of aliphatic hydroxyl groups is 3. The Morgan fingerprint density at radius 2 is 2.24 bits per heavy atom. The minimum atomic E-state index is -1.85. The van der Waals surface area contributed by atoms with Gasteiger partial charge in [-0.15, -0.1) is 0 Å². The van der Waals surface area contributed by atoms with Crippen molar-refractivity contribution in [2.24, 2.45) is 0 Å². The number of nitriles is 1. The van der Waals surface area contributed by atoms with Crippen LogP contribution in [-0.2, 0) is 10.3 Å². The van der Waals surface area contributed by atoms with E-state index in [0.717, 1.165) is 0 Å². The Labute approximate surface area is 118 Å². The van der Waals surface area contributed by atoms with Crippen molar-refractivity contribution in [3.05, 3.63) is 24.2 Å². The molecule has 9 heteroatoms. The second-order valence-electron chi connectivity index (χ2n) is 4.78. The van der Waals surface area contributed by atoms with E-state index in [-0.39, 0.29) is 11.5 Å². The van der Waals surface area contributed by atoms with Crippen LogP contribution in [0.1, 0.15) is 5.69 Å². The molecule has 0 unspecified atom stereocenters. The number of hydrogen-bond donors (Lipinski definition) is 4. The van der Waals surface area contributed by atoms with Crippen LogP contribution >= 0.6 is 0 Å². The van der Waals surface area contributed by atoms with Crippen molar-refractivity contribution in [3.8, 4) is 6.07 Å². The van der Waals surface area contributed by atoms with Crippen molar-refractivity contribution >= 4 is 11.3 Å². The Balaban J connectivity index is 2.20. The SMILES string of the molecule is N#C[C@]1(c2ccc3c(N)ncnn23)O[C@@H](CO)[C@@H](O)[C@H]1O. The third kappa shape index (κ3) is 1.71. The van der Waals surface area contributed by atoms with Gasteiger partial charge in [0.1, 0.15) is 36.2 Å². The lowest BCUT2D eigenvalue weighted by atomic mass is 9.92. The fourth-order valence-electron chi connectivity index (χ4n) is 2.56. The first-order chi connectivity index (χ1) is 10.0. The normalized spacial score (nSPS) is 32.4. The standard InChI is InChI=1S/C12H13N5O4/c13-4-12(10(20)9(19)7(3-18)21-12)8-2-1-6-11(14)15-5-16-17(6)8/h1-2,5,7,9-10,18-20H,3H2,(H2,14,15,16)/t7-,9+,10+,12+/m0/s1. The van der Waals surface area contributed by atoms with E-state index in [0.29, 0.717) is 5.52 Å². The van der Waals surface area contributed by atoms with E-state index in [2.05, 4.69) is 10.1 Å². The molecule has 0 spiro atoms. The van der Waals surface area contributed by atoms with Crippen LogP contribution < -0.4 is 5.73 Å². The molecule has 2 aromatic heterocycles. The van der Waals surface area contributed by atoms with Crippen molar-refractivity contribution in [2.45, 2.75) is 23.9 Å². The third-order valence-corrected chi connectivity index (χ3v) is 3.67. The van der Waals surface area contributed by atoms with Crippen molar-refractivity contribution in [3.63, 3.8) is 0 Å². The molecule has 1 aliphatic rings. The number of fused-ring (bicyclic) bond motifs is 1. The topological polar surface area (TPSA) is 150 Å². The molecule has 5 N–H and O–H groups in total. The molecule has 0 aromatic carbocycles. The van der Waals surface area contributed by atoms with Gasteiger partial charge in [0.05, 0.1) is 12.3 Å². The third-order valence-electron chi connectivity index (χ3n) is 3.67. The highest BCUT2D eigenvalue weighted by molar-refractivity contribution is 5.66. The van der Waals surface area contributed by atoms with Gasteiger partial charge in [-0.1, -0.05) is 0 Å². The quantitative estimate of drug-likeness (QED) is 0.503. The lowest BCUT2D eigenvalue weighted by molar-refractivity contribution is -0.0643. The summed E-state index contributed by atoms with van der Waals surface area (Å²) >= 11 is 0. The van der Waals surface area contributed by atoms with Gasteiger partial charge in [-0.25, -0.2) is 9.50 Å². The number of aliphatic hydroxyl groups excluding tert-OH is 3. The van der Waals surface area contributed by atoms with Crippen molar-refractivity contribution in [2.75, 3.05) is 12.3 Å². The number of nitrogens with zero attached hydrogens (tertiary/aromatic N) is 4. The van der Waals surface area contributed by atoms with Gasteiger partial charge in [0.15, 0.2) is 5.82 Å². The maximum Gasteiger partial charge on any atom is 0.225 e. The number of aromatic nitrogens is 3. The fourth-order valence-corrected chi connectivity index (χ4v) is 2.56. The zero-order chi connectivity index (χ0) is 15.2. The van der Waals surface area contributed by atoms with Gasteiger partial charge in [-0.2, -0.15) is 10.4 Å². The smallest absolute Gasteiger partial charge is 0.225 e. The summed E-state index contributed by atoms with van der Waals surface area (Å²) in [6, 6.07) is 4.97. The molecule has 2 aromatic rings. The van der Waals surface area contributed by atoms with Crippen LogP contribution in [0, 0.1) is 11.3 Å². The lowest BCUT2D eigenvalue weighted by Gasteiger charge is -2.24. The molecule has 0 amide bonds. The van der Waals surface area contributed by atoms with E-state index < -0.39 is 30.5 Å². The molecule has 4 atom stereocenters. The van der Waals surface area contributed by atoms with E-state index in [4.69, 9.17) is 10.5 Å². The van der Waals surface area contributed by atoms with E-state index in [1.165, 1.54) is 16.9 Å². The van der Waals surface area contributed by atoms with Crippen molar-refractivity contribution in [1.29, 1.82) is 5.26 Å². The molecular formula is C12H13N5O4. The Hall–Kier alpha value is -2.25. The number of nitrogens with two attached hydrogens (primary N) is 1. The highest BCUT2D eigenvalue weighted by atomic mass is 16.6. The van der Waals surface area contributed by atoms with Crippen LogP contribution in [0.25, 0.3) is 5.52 Å². The predicted octanol–water partition coefficient (Wildman–Crippen LogP) is -1.86. The van der Waals surface area contributed by atoms with Crippen LogP contribution in [0.4, 0.5) is 5.82 Å². The number of ether oxygens (including phenoxy) is 1. The average Bonchev–Trinajstić information content (AvgIpc) is 3.03. The van der Waals surface area contributed by atoms with Crippen molar-refractivity contribution < 1.29 is 20.1 Å². The zero-order valence-corrected chi connectivity index (χ0v) is 10.8. The Bertz CT molecular complexity index is 726. The van der Waals surface area contributed by atoms with E-state index in [1.54, 1.807) is 6.07 Å². The van der Waals surface area contributed by atoms with Crippen LogP contribution in [-0.4, -0.2) is 54.8 Å². The molecule has 21 heavy (non-hydrogen) atoms. The Morgan fingerprint density at radius 3 is 2.86 bits per heavy atom. The van der Waals surface area contributed by atoms with Crippen LogP contribution in [0.15, 0.2) is 18.5 Å². The van der Waals surface area contributed by atoms with E-state index in [9.17, 15) is 20.6 Å². The van der Waals surface area contributed by atoms with Gasteiger partial charge in [0.2, 0.25) is 5.60 Å². The summed E-state index contributed by atoms with van der Waals surface area (Å²) in [6.45, 7) is -0.526. The fraction of sp³-hybridized carbons (Fsp3) is 0.417. The summed E-state index contributed by atoms with van der Waals surface area (Å²) < 4.78 is 6.75. The van der Waals surface area contributed by atoms with E-state index >= 15 is 0 Å². The monoisotopic (exact) mass is 291 g/mol. The summed E-state index contributed by atoms with van der Waals surface area (Å²) in [6.07, 6.45) is -2.78. The zero-order valence-electron chi connectivity index (χ0n) is 10.8. The summed E-state index contributed by atoms with van der Waals surface area (Å²) in [5.41, 5.74) is 4.52.